The summed E-state index contributed by atoms with van der Waals surface area (Å²) in [6, 6.07) is 19.5. The van der Waals surface area contributed by atoms with Crippen molar-refractivity contribution in [1.29, 1.82) is 0 Å². The molecule has 4 aromatic rings. The first-order chi connectivity index (χ1) is 15.3. The second-order valence-electron chi connectivity index (χ2n) is 6.91. The molecule has 1 aliphatic rings. The van der Waals surface area contributed by atoms with Gasteiger partial charge in [-0.25, -0.2) is 0 Å². The van der Waals surface area contributed by atoms with Crippen molar-refractivity contribution in [1.82, 2.24) is 25.1 Å². The highest BCUT2D eigenvalue weighted by Gasteiger charge is 2.16. The summed E-state index contributed by atoms with van der Waals surface area (Å²) < 4.78 is 12.5. The maximum atomic E-state index is 12.2. The van der Waals surface area contributed by atoms with Crippen molar-refractivity contribution in [3.63, 3.8) is 0 Å². The summed E-state index contributed by atoms with van der Waals surface area (Å²) in [6.45, 7) is 0.821. The van der Waals surface area contributed by atoms with Gasteiger partial charge in [-0.3, -0.25) is 4.79 Å². The number of aromatic nitrogens is 4. The zero-order chi connectivity index (χ0) is 21.0. The molecule has 2 aromatic carbocycles. The Morgan fingerprint density at radius 2 is 1.90 bits per heavy atom. The Labute approximate surface area is 182 Å². The van der Waals surface area contributed by atoms with Gasteiger partial charge >= 0.3 is 0 Å². The lowest BCUT2D eigenvalue weighted by molar-refractivity contribution is -0.118. The van der Waals surface area contributed by atoms with Crippen LogP contribution in [0, 0.1) is 0 Å². The van der Waals surface area contributed by atoms with Gasteiger partial charge in [0.1, 0.15) is 0 Å². The lowest BCUT2D eigenvalue weighted by Gasteiger charge is -2.06. The van der Waals surface area contributed by atoms with Gasteiger partial charge in [-0.2, -0.15) is 9.61 Å². The van der Waals surface area contributed by atoms with Gasteiger partial charge in [0.05, 0.1) is 11.4 Å². The number of fused-ring (bicyclic) bond motifs is 2. The van der Waals surface area contributed by atoms with Crippen LogP contribution in [0.2, 0.25) is 0 Å². The minimum Gasteiger partial charge on any atom is -0.454 e. The molecule has 0 saturated heterocycles. The van der Waals surface area contributed by atoms with Crippen LogP contribution in [0.1, 0.15) is 5.56 Å². The van der Waals surface area contributed by atoms with Gasteiger partial charge in [0.2, 0.25) is 17.9 Å². The molecule has 0 fully saturated rings. The van der Waals surface area contributed by atoms with Gasteiger partial charge in [-0.15, -0.1) is 10.2 Å². The van der Waals surface area contributed by atoms with E-state index < -0.39 is 0 Å². The molecule has 0 bridgehead atoms. The first-order valence-corrected chi connectivity index (χ1v) is 10.8. The van der Waals surface area contributed by atoms with E-state index in [0.717, 1.165) is 23.4 Å². The highest BCUT2D eigenvalue weighted by molar-refractivity contribution is 7.99. The summed E-state index contributed by atoms with van der Waals surface area (Å²) in [6.07, 6.45) is 0.797. The molecule has 0 saturated carbocycles. The number of nitrogens with zero attached hydrogens (tertiary/aromatic N) is 4. The van der Waals surface area contributed by atoms with Gasteiger partial charge < -0.3 is 14.8 Å². The van der Waals surface area contributed by atoms with Crippen molar-refractivity contribution < 1.29 is 14.3 Å². The van der Waals surface area contributed by atoms with Crippen LogP contribution in [0.25, 0.3) is 16.9 Å². The molecule has 8 nitrogen and oxygen atoms in total. The van der Waals surface area contributed by atoms with Gasteiger partial charge in [-0.05, 0) is 42.3 Å². The Hall–Kier alpha value is -3.59. The number of amides is 1. The number of thioether (sulfide) groups is 1. The quantitative estimate of drug-likeness (QED) is 0.448. The van der Waals surface area contributed by atoms with Crippen molar-refractivity contribution in [2.24, 2.45) is 0 Å². The Balaban J connectivity index is 1.24. The number of rotatable bonds is 7. The fourth-order valence-corrected chi connectivity index (χ4v) is 3.96. The monoisotopic (exact) mass is 433 g/mol. The van der Waals surface area contributed by atoms with Crippen LogP contribution < -0.4 is 14.8 Å². The molecule has 0 unspecified atom stereocenters. The predicted octanol–water partition coefficient (Wildman–Crippen LogP) is 2.97. The molecule has 1 aliphatic heterocycles. The molecular weight excluding hydrogens is 414 g/mol. The minimum atomic E-state index is -0.0513. The molecule has 1 amide bonds. The second kappa shape index (κ2) is 8.65. The Bertz CT molecular complexity index is 1230. The van der Waals surface area contributed by atoms with Crippen molar-refractivity contribution in [2.45, 2.75) is 11.6 Å². The Morgan fingerprint density at radius 1 is 1.03 bits per heavy atom. The van der Waals surface area contributed by atoms with Crippen molar-refractivity contribution >= 4 is 23.3 Å². The van der Waals surface area contributed by atoms with Crippen molar-refractivity contribution in [2.75, 3.05) is 19.1 Å². The summed E-state index contributed by atoms with van der Waals surface area (Å²) in [7, 11) is 0. The van der Waals surface area contributed by atoms with E-state index in [4.69, 9.17) is 9.47 Å². The fourth-order valence-electron chi connectivity index (χ4n) is 3.24. The van der Waals surface area contributed by atoms with Crippen LogP contribution in [-0.4, -0.2) is 44.8 Å². The topological polar surface area (TPSA) is 90.6 Å². The van der Waals surface area contributed by atoms with E-state index in [1.165, 1.54) is 17.3 Å². The number of hydrogen-bond acceptors (Lipinski definition) is 7. The molecule has 0 aliphatic carbocycles. The molecule has 0 spiro atoms. The summed E-state index contributed by atoms with van der Waals surface area (Å²) in [5.41, 5.74) is 3.46. The highest BCUT2D eigenvalue weighted by Crippen LogP contribution is 2.35. The van der Waals surface area contributed by atoms with Crippen LogP contribution in [0.15, 0.2) is 65.8 Å². The van der Waals surface area contributed by atoms with Crippen LogP contribution in [0.5, 0.6) is 11.5 Å². The van der Waals surface area contributed by atoms with Crippen LogP contribution in [-0.2, 0) is 11.2 Å². The summed E-state index contributed by atoms with van der Waals surface area (Å²) in [5, 5.41) is 16.5. The number of benzene rings is 2. The summed E-state index contributed by atoms with van der Waals surface area (Å²) in [4.78, 5) is 12.2. The van der Waals surface area contributed by atoms with E-state index in [1.54, 1.807) is 4.52 Å². The summed E-state index contributed by atoms with van der Waals surface area (Å²) in [5.74, 6) is 1.61. The van der Waals surface area contributed by atoms with Gasteiger partial charge in [-0.1, -0.05) is 42.1 Å². The minimum absolute atomic E-state index is 0.0513. The Kier molecular flexibility index (Phi) is 5.40. The molecule has 5 rings (SSSR count). The maximum Gasteiger partial charge on any atom is 0.231 e. The summed E-state index contributed by atoms with van der Waals surface area (Å²) >= 11 is 1.31. The number of nitrogens with one attached hydrogen (secondary N) is 1. The molecule has 9 heteroatoms. The van der Waals surface area contributed by atoms with Gasteiger partial charge in [0.25, 0.3) is 0 Å². The lowest BCUT2D eigenvalue weighted by atomic mass is 10.1. The number of hydrogen-bond donors (Lipinski definition) is 1. The van der Waals surface area contributed by atoms with Gasteiger partial charge in [0.15, 0.2) is 17.1 Å². The molecule has 156 valence electrons. The van der Waals surface area contributed by atoms with E-state index in [2.05, 4.69) is 20.6 Å². The molecular formula is C22H19N5O3S. The fraction of sp³-hybridized carbons (Fsp3) is 0.182. The zero-order valence-electron chi connectivity index (χ0n) is 16.5. The van der Waals surface area contributed by atoms with E-state index in [9.17, 15) is 4.79 Å². The van der Waals surface area contributed by atoms with E-state index in [0.29, 0.717) is 23.1 Å². The van der Waals surface area contributed by atoms with Crippen LogP contribution >= 0.6 is 11.8 Å². The maximum absolute atomic E-state index is 12.2. The molecule has 1 N–H and O–H groups in total. The smallest absolute Gasteiger partial charge is 0.231 e. The van der Waals surface area contributed by atoms with E-state index in [1.807, 2.05) is 60.7 Å². The average Bonchev–Trinajstić information content (AvgIpc) is 3.44. The van der Waals surface area contributed by atoms with Crippen LogP contribution in [0.4, 0.5) is 0 Å². The van der Waals surface area contributed by atoms with Crippen LogP contribution in [0.3, 0.4) is 0 Å². The molecule has 31 heavy (non-hydrogen) atoms. The number of carbonyl (C=O) groups is 1. The third-order valence-corrected chi connectivity index (χ3v) is 5.73. The predicted molar refractivity (Wildman–Crippen MR) is 116 cm³/mol. The zero-order valence-corrected chi connectivity index (χ0v) is 17.3. The number of ether oxygens (including phenoxy) is 2. The third kappa shape index (κ3) is 4.31. The highest BCUT2D eigenvalue weighted by atomic mass is 32.2. The second-order valence-corrected chi connectivity index (χ2v) is 7.86. The first kappa shape index (κ1) is 19.4. The SMILES string of the molecule is O=C(CSc1nnc2ccc(-c3ccc4c(c3)OCO4)nn12)NCCc1ccccc1. The van der Waals surface area contributed by atoms with Crippen molar-refractivity contribution in [3.8, 4) is 22.8 Å². The third-order valence-electron chi connectivity index (χ3n) is 4.81. The Morgan fingerprint density at radius 3 is 2.81 bits per heavy atom. The van der Waals surface area contributed by atoms with Gasteiger partial charge in [0, 0.05) is 12.1 Å². The number of carbonyl (C=O) groups excluding carboxylic acids is 1. The first-order valence-electron chi connectivity index (χ1n) is 9.82. The average molecular weight is 433 g/mol. The largest absolute Gasteiger partial charge is 0.454 e. The molecule has 2 aromatic heterocycles. The standard InChI is InChI=1S/C22H19N5O3S/c28-21(23-11-10-15-4-2-1-3-5-15)13-31-22-25-24-20-9-7-17(26-27(20)22)16-6-8-18-19(12-16)30-14-29-18/h1-9,12H,10-11,13-14H2,(H,23,28). The van der Waals surface area contributed by atoms with Crippen molar-refractivity contribution in [3.05, 3.63) is 66.2 Å². The normalized spacial score (nSPS) is 12.3. The van der Waals surface area contributed by atoms with E-state index in [-0.39, 0.29) is 18.5 Å². The molecule has 0 atom stereocenters. The molecule has 3 heterocycles. The van der Waals surface area contributed by atoms with E-state index >= 15 is 0 Å². The lowest BCUT2D eigenvalue weighted by Crippen LogP contribution is -2.27. The molecule has 0 radical (unpaired) electrons.